The molecule has 0 spiro atoms. The van der Waals surface area contributed by atoms with Gasteiger partial charge in [0.1, 0.15) is 0 Å². The fraction of sp³-hybridized carbons (Fsp3) is 0.562. The molecule has 2 bridgehead atoms. The van der Waals surface area contributed by atoms with E-state index < -0.39 is 0 Å². The number of hydrogen-bond donors (Lipinski definition) is 1. The second-order valence-corrected chi connectivity index (χ2v) is 6.84. The van der Waals surface area contributed by atoms with Crippen LogP contribution in [0.1, 0.15) is 46.0 Å². The van der Waals surface area contributed by atoms with Crippen molar-refractivity contribution >= 4 is 28.7 Å². The lowest BCUT2D eigenvalue weighted by molar-refractivity contribution is 0.403. The molecule has 1 N–H and O–H groups in total. The summed E-state index contributed by atoms with van der Waals surface area (Å²) in [4.78, 5) is 4.89. The molecule has 0 aromatic heterocycles. The average Bonchev–Trinajstić information content (AvgIpc) is 2.44. The number of aliphatic imine (C=N–C) groups is 1. The monoisotopic (exact) mass is 276 g/mol. The van der Waals surface area contributed by atoms with E-state index in [0.29, 0.717) is 0 Å². The first-order chi connectivity index (χ1) is 9.04. The minimum absolute atomic E-state index is 0.137. The van der Waals surface area contributed by atoms with Crippen molar-refractivity contribution in [2.24, 2.45) is 10.9 Å². The molecular weight excluding hydrogens is 256 g/mol. The zero-order chi connectivity index (χ0) is 13.5. The lowest BCUT2D eigenvalue weighted by Crippen LogP contribution is -2.37. The Morgan fingerprint density at radius 1 is 1.42 bits per heavy atom. The van der Waals surface area contributed by atoms with Crippen LogP contribution in [0.5, 0.6) is 0 Å². The highest BCUT2D eigenvalue weighted by Gasteiger charge is 2.31. The standard InChI is InChI=1S/C16H21ClN2/c1-11-4-3-7-16(2)10-13(8-11)18-15-9-12(17)5-6-14(15)19-16/h5-6,9,11,19H,3-4,7-8,10H2,1-2H3/t11-,16-/m1/s1. The Morgan fingerprint density at radius 3 is 3.11 bits per heavy atom. The summed E-state index contributed by atoms with van der Waals surface area (Å²) in [5, 5.41) is 4.46. The van der Waals surface area contributed by atoms with Gasteiger partial charge in [0.05, 0.1) is 11.4 Å². The average molecular weight is 277 g/mol. The molecule has 102 valence electrons. The maximum Gasteiger partial charge on any atom is 0.0875 e. The topological polar surface area (TPSA) is 24.4 Å². The second-order valence-electron chi connectivity index (χ2n) is 6.40. The smallest absolute Gasteiger partial charge is 0.0875 e. The van der Waals surface area contributed by atoms with E-state index in [2.05, 4.69) is 25.2 Å². The predicted octanol–water partition coefficient (Wildman–Crippen LogP) is 5.20. The number of rotatable bonds is 0. The third-order valence-corrected chi connectivity index (χ3v) is 4.51. The van der Waals surface area contributed by atoms with Gasteiger partial charge in [0.25, 0.3) is 0 Å². The van der Waals surface area contributed by atoms with Gasteiger partial charge >= 0.3 is 0 Å². The number of hydrogen-bond acceptors (Lipinski definition) is 2. The molecule has 2 atom stereocenters. The van der Waals surface area contributed by atoms with Gasteiger partial charge in [-0.25, -0.2) is 0 Å². The summed E-state index contributed by atoms with van der Waals surface area (Å²) in [5.41, 5.74) is 3.58. The van der Waals surface area contributed by atoms with Gasteiger partial charge in [0.15, 0.2) is 0 Å². The van der Waals surface area contributed by atoms with E-state index in [0.717, 1.165) is 35.2 Å². The molecule has 1 aliphatic carbocycles. The van der Waals surface area contributed by atoms with Crippen LogP contribution >= 0.6 is 11.6 Å². The second kappa shape index (κ2) is 4.82. The van der Waals surface area contributed by atoms with Gasteiger partial charge in [-0.05, 0) is 43.9 Å². The molecular formula is C16H21ClN2. The SMILES string of the molecule is C[C@@H]1CCC[C@]2(C)CC(=Nc3cc(Cl)ccc3N2)C1. The van der Waals surface area contributed by atoms with Crippen LogP contribution in [0.3, 0.4) is 0 Å². The van der Waals surface area contributed by atoms with Crippen LogP contribution in [-0.2, 0) is 0 Å². The summed E-state index contributed by atoms with van der Waals surface area (Å²) in [6, 6.07) is 5.97. The number of anilines is 1. The van der Waals surface area contributed by atoms with E-state index in [1.165, 1.54) is 25.0 Å². The Labute approximate surface area is 120 Å². The van der Waals surface area contributed by atoms with Gasteiger partial charge in [0, 0.05) is 22.7 Å². The highest BCUT2D eigenvalue weighted by atomic mass is 35.5. The van der Waals surface area contributed by atoms with Crippen LogP contribution in [0.15, 0.2) is 23.2 Å². The zero-order valence-corrected chi connectivity index (χ0v) is 12.4. The highest BCUT2D eigenvalue weighted by Crippen LogP contribution is 2.39. The predicted molar refractivity (Wildman–Crippen MR) is 82.8 cm³/mol. The maximum absolute atomic E-state index is 6.10. The van der Waals surface area contributed by atoms with Crippen molar-refractivity contribution in [3.63, 3.8) is 0 Å². The zero-order valence-electron chi connectivity index (χ0n) is 11.7. The molecule has 1 saturated carbocycles. The largest absolute Gasteiger partial charge is 0.378 e. The number of fused-ring (bicyclic) bond motifs is 3. The first-order valence-corrected chi connectivity index (χ1v) is 7.56. The summed E-state index contributed by atoms with van der Waals surface area (Å²) < 4.78 is 0. The van der Waals surface area contributed by atoms with Crippen LogP contribution in [0.2, 0.25) is 5.02 Å². The van der Waals surface area contributed by atoms with Gasteiger partial charge in [-0.3, -0.25) is 4.99 Å². The molecule has 1 fully saturated rings. The van der Waals surface area contributed by atoms with Crippen molar-refractivity contribution < 1.29 is 0 Å². The maximum atomic E-state index is 6.10. The van der Waals surface area contributed by atoms with Crippen molar-refractivity contribution in [1.29, 1.82) is 0 Å². The number of benzene rings is 1. The molecule has 1 aromatic carbocycles. The Bertz CT molecular complexity index is 523. The fourth-order valence-electron chi connectivity index (χ4n) is 3.35. The van der Waals surface area contributed by atoms with Gasteiger partial charge in [-0.15, -0.1) is 0 Å². The molecule has 0 saturated heterocycles. The highest BCUT2D eigenvalue weighted by molar-refractivity contribution is 6.31. The van der Waals surface area contributed by atoms with E-state index in [9.17, 15) is 0 Å². The number of halogens is 1. The molecule has 1 aliphatic heterocycles. The molecule has 1 aromatic rings. The summed E-state index contributed by atoms with van der Waals surface area (Å²) in [6.45, 7) is 4.66. The molecule has 2 nitrogen and oxygen atoms in total. The molecule has 3 heteroatoms. The van der Waals surface area contributed by atoms with Crippen molar-refractivity contribution in [3.8, 4) is 0 Å². The number of nitrogens with zero attached hydrogens (tertiary/aromatic N) is 1. The van der Waals surface area contributed by atoms with Gasteiger partial charge < -0.3 is 5.32 Å². The summed E-state index contributed by atoms with van der Waals surface area (Å²) >= 11 is 6.10. The molecule has 0 radical (unpaired) electrons. The third kappa shape index (κ3) is 2.79. The molecule has 0 amide bonds. The van der Waals surface area contributed by atoms with E-state index in [1.807, 2.05) is 12.1 Å². The Hall–Kier alpha value is -1.02. The van der Waals surface area contributed by atoms with Crippen molar-refractivity contribution in [3.05, 3.63) is 23.2 Å². The first-order valence-electron chi connectivity index (χ1n) is 7.18. The molecule has 3 rings (SSSR count). The Balaban J connectivity index is 2.06. The van der Waals surface area contributed by atoms with Gasteiger partial charge in [0.2, 0.25) is 0 Å². The van der Waals surface area contributed by atoms with Crippen LogP contribution in [0, 0.1) is 5.92 Å². The van der Waals surface area contributed by atoms with Crippen molar-refractivity contribution in [2.75, 3.05) is 5.32 Å². The minimum Gasteiger partial charge on any atom is -0.378 e. The van der Waals surface area contributed by atoms with E-state index in [1.54, 1.807) is 0 Å². The lowest BCUT2D eigenvalue weighted by Gasteiger charge is -2.33. The van der Waals surface area contributed by atoms with Crippen LogP contribution < -0.4 is 5.32 Å². The van der Waals surface area contributed by atoms with Crippen LogP contribution in [0.4, 0.5) is 11.4 Å². The molecule has 19 heavy (non-hydrogen) atoms. The van der Waals surface area contributed by atoms with Gasteiger partial charge in [-0.2, -0.15) is 0 Å². The normalized spacial score (nSPS) is 30.3. The third-order valence-electron chi connectivity index (χ3n) is 4.28. The molecule has 2 aliphatic rings. The van der Waals surface area contributed by atoms with Crippen LogP contribution in [-0.4, -0.2) is 11.3 Å². The van der Waals surface area contributed by atoms with E-state index in [-0.39, 0.29) is 5.54 Å². The quantitative estimate of drug-likeness (QED) is 0.692. The molecule has 0 unspecified atom stereocenters. The summed E-state index contributed by atoms with van der Waals surface area (Å²) in [7, 11) is 0. The first kappa shape index (κ1) is 13.0. The number of nitrogens with one attached hydrogen (secondary N) is 1. The van der Waals surface area contributed by atoms with Crippen LogP contribution in [0.25, 0.3) is 0 Å². The van der Waals surface area contributed by atoms with Gasteiger partial charge in [-0.1, -0.05) is 31.4 Å². The van der Waals surface area contributed by atoms with Crippen molar-refractivity contribution in [1.82, 2.24) is 0 Å². The minimum atomic E-state index is 0.137. The van der Waals surface area contributed by atoms with E-state index >= 15 is 0 Å². The Kier molecular flexibility index (Phi) is 3.30. The fourth-order valence-corrected chi connectivity index (χ4v) is 3.51. The lowest BCUT2D eigenvalue weighted by atomic mass is 9.81. The van der Waals surface area contributed by atoms with Crippen molar-refractivity contribution in [2.45, 2.75) is 51.5 Å². The van der Waals surface area contributed by atoms with E-state index in [4.69, 9.17) is 16.6 Å². The summed E-state index contributed by atoms with van der Waals surface area (Å²) in [6.07, 6.45) is 5.96. The molecule has 1 heterocycles. The Morgan fingerprint density at radius 2 is 2.26 bits per heavy atom. The summed E-state index contributed by atoms with van der Waals surface area (Å²) in [5.74, 6) is 0.740.